The summed E-state index contributed by atoms with van der Waals surface area (Å²) < 4.78 is 2.38. The molecule has 0 saturated carbocycles. The minimum atomic E-state index is -0.0107. The number of hydrogen-bond acceptors (Lipinski definition) is 5. The first-order valence-electron chi connectivity index (χ1n) is 9.06. The molecule has 3 aromatic rings. The van der Waals surface area contributed by atoms with Crippen LogP contribution in [0.25, 0.3) is 10.2 Å². The van der Waals surface area contributed by atoms with Crippen molar-refractivity contribution in [2.75, 3.05) is 12.3 Å². The molecule has 5 nitrogen and oxygen atoms in total. The van der Waals surface area contributed by atoms with Crippen molar-refractivity contribution < 1.29 is 4.79 Å². The first kappa shape index (κ1) is 19.6. The molecule has 0 aliphatic carbocycles. The third-order valence-electron chi connectivity index (χ3n) is 4.25. The van der Waals surface area contributed by atoms with Gasteiger partial charge < -0.3 is 4.90 Å². The van der Waals surface area contributed by atoms with Gasteiger partial charge in [-0.1, -0.05) is 49.0 Å². The van der Waals surface area contributed by atoms with Crippen LogP contribution in [0.15, 0.2) is 51.7 Å². The van der Waals surface area contributed by atoms with Crippen LogP contribution < -0.4 is 5.56 Å². The number of carbonyl (C=O) groups excluding carboxylic acids is 1. The topological polar surface area (TPSA) is 55.2 Å². The Balaban J connectivity index is 1.75. The van der Waals surface area contributed by atoms with Crippen molar-refractivity contribution in [3.8, 4) is 0 Å². The lowest BCUT2D eigenvalue weighted by Crippen LogP contribution is -2.32. The fraction of sp³-hybridized carbons (Fsp3) is 0.350. The van der Waals surface area contributed by atoms with Gasteiger partial charge in [-0.05, 0) is 30.4 Å². The third-order valence-corrected chi connectivity index (χ3v) is 6.11. The molecule has 0 bridgehead atoms. The largest absolute Gasteiger partial charge is 0.338 e. The highest BCUT2D eigenvalue weighted by molar-refractivity contribution is 7.99. The summed E-state index contributed by atoms with van der Waals surface area (Å²) in [6.45, 7) is 5.86. The smallest absolute Gasteiger partial charge is 0.272 e. The van der Waals surface area contributed by atoms with Gasteiger partial charge in [0.25, 0.3) is 5.56 Å². The van der Waals surface area contributed by atoms with Gasteiger partial charge in [0.2, 0.25) is 5.91 Å². The summed E-state index contributed by atoms with van der Waals surface area (Å²) in [5, 5.41) is 2.50. The molecule has 0 N–H and O–H groups in total. The van der Waals surface area contributed by atoms with E-state index in [2.05, 4.69) is 4.98 Å². The van der Waals surface area contributed by atoms with Gasteiger partial charge in [-0.25, -0.2) is 4.98 Å². The second-order valence-corrected chi connectivity index (χ2v) is 8.03. The van der Waals surface area contributed by atoms with Gasteiger partial charge in [0.15, 0.2) is 5.16 Å². The number of amides is 1. The van der Waals surface area contributed by atoms with E-state index < -0.39 is 0 Å². The number of aromatic nitrogens is 2. The molecule has 0 unspecified atom stereocenters. The molecular formula is C20H23N3O2S2. The van der Waals surface area contributed by atoms with E-state index in [4.69, 9.17) is 0 Å². The van der Waals surface area contributed by atoms with Gasteiger partial charge in [0.1, 0.15) is 4.70 Å². The van der Waals surface area contributed by atoms with Crippen LogP contribution in [0, 0.1) is 0 Å². The maximum Gasteiger partial charge on any atom is 0.272 e. The summed E-state index contributed by atoms with van der Waals surface area (Å²) in [5.74, 6) is 0.320. The second kappa shape index (κ2) is 9.19. The van der Waals surface area contributed by atoms with Gasteiger partial charge in [-0.15, -0.1) is 11.3 Å². The van der Waals surface area contributed by atoms with E-state index in [-0.39, 0.29) is 17.2 Å². The Morgan fingerprint density at radius 1 is 1.22 bits per heavy atom. The number of hydrogen-bond donors (Lipinski definition) is 0. The molecule has 0 atom stereocenters. The molecule has 0 radical (unpaired) electrons. The lowest BCUT2D eigenvalue weighted by molar-refractivity contribution is -0.128. The molecule has 0 aliphatic rings. The van der Waals surface area contributed by atoms with Crippen LogP contribution in [0.4, 0.5) is 0 Å². The van der Waals surface area contributed by atoms with Crippen molar-refractivity contribution in [3.05, 3.63) is 57.7 Å². The molecule has 142 valence electrons. The van der Waals surface area contributed by atoms with E-state index in [1.54, 1.807) is 4.57 Å². The van der Waals surface area contributed by atoms with E-state index >= 15 is 0 Å². The highest BCUT2D eigenvalue weighted by Gasteiger charge is 2.16. The molecular weight excluding hydrogens is 378 g/mol. The highest BCUT2D eigenvalue weighted by atomic mass is 32.2. The number of thioether (sulfide) groups is 1. The zero-order valence-corrected chi connectivity index (χ0v) is 17.2. The Morgan fingerprint density at radius 3 is 2.70 bits per heavy atom. The lowest BCUT2D eigenvalue weighted by atomic mass is 10.2. The third kappa shape index (κ3) is 4.59. The molecule has 2 heterocycles. The molecule has 0 fully saturated rings. The van der Waals surface area contributed by atoms with E-state index in [9.17, 15) is 9.59 Å². The molecule has 1 amide bonds. The Morgan fingerprint density at radius 2 is 2.00 bits per heavy atom. The van der Waals surface area contributed by atoms with Gasteiger partial charge >= 0.3 is 0 Å². The number of nitrogens with zero attached hydrogens (tertiary/aromatic N) is 3. The number of rotatable bonds is 8. The molecule has 0 saturated heterocycles. The van der Waals surface area contributed by atoms with Crippen LogP contribution in [0.3, 0.4) is 0 Å². The fourth-order valence-corrected chi connectivity index (χ4v) is 4.56. The SMILES string of the molecule is CCCn1c(SCC(=O)N(CC)Cc2ccccc2)nc2ccsc2c1=O. The van der Waals surface area contributed by atoms with E-state index in [0.717, 1.165) is 12.0 Å². The number of thiophene rings is 1. The van der Waals surface area contributed by atoms with Crippen molar-refractivity contribution in [2.24, 2.45) is 0 Å². The first-order chi connectivity index (χ1) is 13.1. The van der Waals surface area contributed by atoms with Crippen LogP contribution in [-0.2, 0) is 17.9 Å². The minimum absolute atomic E-state index is 0.0107. The van der Waals surface area contributed by atoms with Crippen molar-refractivity contribution in [3.63, 3.8) is 0 Å². The number of carbonyl (C=O) groups is 1. The summed E-state index contributed by atoms with van der Waals surface area (Å²) in [4.78, 5) is 31.9. The summed E-state index contributed by atoms with van der Waals surface area (Å²) in [5.41, 5.74) is 1.81. The number of benzene rings is 1. The van der Waals surface area contributed by atoms with Crippen molar-refractivity contribution >= 4 is 39.2 Å². The second-order valence-electron chi connectivity index (χ2n) is 6.17. The summed E-state index contributed by atoms with van der Waals surface area (Å²) in [6.07, 6.45) is 0.842. The Bertz CT molecular complexity index is 966. The molecule has 0 aliphatic heterocycles. The zero-order chi connectivity index (χ0) is 19.2. The van der Waals surface area contributed by atoms with Crippen LogP contribution in [0.1, 0.15) is 25.8 Å². The summed E-state index contributed by atoms with van der Waals surface area (Å²) in [6, 6.07) is 11.8. The van der Waals surface area contributed by atoms with Gasteiger partial charge in [-0.3, -0.25) is 14.2 Å². The van der Waals surface area contributed by atoms with Crippen LogP contribution in [-0.4, -0.2) is 32.7 Å². The average molecular weight is 402 g/mol. The molecule has 7 heteroatoms. The monoisotopic (exact) mass is 401 g/mol. The summed E-state index contributed by atoms with van der Waals surface area (Å²) in [7, 11) is 0. The van der Waals surface area contributed by atoms with E-state index in [1.165, 1.54) is 23.1 Å². The standard InChI is InChI=1S/C20H23N3O2S2/c1-3-11-23-19(25)18-16(10-12-26-18)21-20(23)27-14-17(24)22(4-2)13-15-8-6-5-7-9-15/h5-10,12H,3-4,11,13-14H2,1-2H3. The normalized spacial score (nSPS) is 11.0. The fourth-order valence-electron chi connectivity index (χ4n) is 2.85. The molecule has 3 rings (SSSR count). The molecule has 2 aromatic heterocycles. The van der Waals surface area contributed by atoms with Gasteiger partial charge in [0, 0.05) is 19.6 Å². The van der Waals surface area contributed by atoms with E-state index in [1.807, 2.05) is 60.5 Å². The van der Waals surface area contributed by atoms with E-state index in [0.29, 0.717) is 35.0 Å². The molecule has 1 aromatic carbocycles. The van der Waals surface area contributed by atoms with Gasteiger partial charge in [0.05, 0.1) is 11.3 Å². The lowest BCUT2D eigenvalue weighted by Gasteiger charge is -2.21. The van der Waals surface area contributed by atoms with Crippen molar-refractivity contribution in [2.45, 2.75) is 38.5 Å². The van der Waals surface area contributed by atoms with Crippen LogP contribution in [0.2, 0.25) is 0 Å². The number of fused-ring (bicyclic) bond motifs is 1. The summed E-state index contributed by atoms with van der Waals surface area (Å²) >= 11 is 2.76. The van der Waals surface area contributed by atoms with Crippen molar-refractivity contribution in [1.82, 2.24) is 14.5 Å². The maximum absolute atomic E-state index is 12.7. The average Bonchev–Trinajstić information content (AvgIpc) is 3.16. The first-order valence-corrected chi connectivity index (χ1v) is 10.9. The predicted molar refractivity (Wildman–Crippen MR) is 112 cm³/mol. The Hall–Kier alpha value is -2.12. The Kier molecular flexibility index (Phi) is 6.68. The zero-order valence-electron chi connectivity index (χ0n) is 15.6. The predicted octanol–water partition coefficient (Wildman–Crippen LogP) is 4.01. The minimum Gasteiger partial charge on any atom is -0.338 e. The van der Waals surface area contributed by atoms with Crippen LogP contribution >= 0.6 is 23.1 Å². The quantitative estimate of drug-likeness (QED) is 0.423. The Labute approximate surface area is 167 Å². The maximum atomic E-state index is 12.7. The molecule has 27 heavy (non-hydrogen) atoms. The molecule has 0 spiro atoms. The van der Waals surface area contributed by atoms with Crippen molar-refractivity contribution in [1.29, 1.82) is 0 Å². The highest BCUT2D eigenvalue weighted by Crippen LogP contribution is 2.21. The van der Waals surface area contributed by atoms with Crippen LogP contribution in [0.5, 0.6) is 0 Å². The van der Waals surface area contributed by atoms with Gasteiger partial charge in [-0.2, -0.15) is 0 Å².